The molecule has 0 spiro atoms. The molecule has 0 atom stereocenters. The van der Waals surface area contributed by atoms with Crippen LogP contribution in [0.3, 0.4) is 0 Å². The first-order valence-electron chi connectivity index (χ1n) is 5.95. The van der Waals surface area contributed by atoms with Crippen LogP contribution in [0.2, 0.25) is 0 Å². The Hall–Kier alpha value is -2.07. The van der Waals surface area contributed by atoms with Crippen molar-refractivity contribution in [3.05, 3.63) is 64.6 Å². The number of carbonyl (C=O) groups is 1. The molecule has 20 heavy (non-hydrogen) atoms. The number of methoxy groups -OCH3 is 1. The monoisotopic (exact) mass is 332 g/mol. The molecule has 0 aliphatic rings. The summed E-state index contributed by atoms with van der Waals surface area (Å²) in [5.74, 6) is 1.90. The highest BCUT2D eigenvalue weighted by atomic mass is 79.9. The van der Waals surface area contributed by atoms with E-state index < -0.39 is 0 Å². The van der Waals surface area contributed by atoms with Crippen LogP contribution in [0.15, 0.2) is 53.5 Å². The standard InChI is InChI=1S/C16H13BrO3/c1-19-14-8-6-12(7-9-14)16(10-17)20-15-5-3-2-4-13(15)11-18/h2-11H,1H3/b16-10-. The van der Waals surface area contributed by atoms with E-state index in [0.717, 1.165) is 17.6 Å². The molecule has 0 heterocycles. The van der Waals surface area contributed by atoms with Gasteiger partial charge in [0, 0.05) is 10.5 Å². The van der Waals surface area contributed by atoms with Crippen molar-refractivity contribution in [1.82, 2.24) is 0 Å². The van der Waals surface area contributed by atoms with Gasteiger partial charge in [0.05, 0.1) is 12.7 Å². The number of benzene rings is 2. The third kappa shape index (κ3) is 3.27. The summed E-state index contributed by atoms with van der Waals surface area (Å²) in [5.41, 5.74) is 1.39. The molecule has 0 aliphatic heterocycles. The molecule has 0 aliphatic carbocycles. The number of para-hydroxylation sites is 1. The van der Waals surface area contributed by atoms with Crippen molar-refractivity contribution >= 4 is 28.0 Å². The molecule has 0 saturated carbocycles. The molecule has 4 heteroatoms. The Kier molecular flexibility index (Phi) is 4.96. The lowest BCUT2D eigenvalue weighted by molar-refractivity contribution is 0.112. The average Bonchev–Trinajstić information content (AvgIpc) is 2.53. The molecule has 2 aromatic carbocycles. The predicted octanol–water partition coefficient (Wildman–Crippen LogP) is 4.28. The van der Waals surface area contributed by atoms with Crippen molar-refractivity contribution in [3.8, 4) is 11.5 Å². The maximum Gasteiger partial charge on any atom is 0.153 e. The summed E-state index contributed by atoms with van der Waals surface area (Å²) < 4.78 is 10.9. The van der Waals surface area contributed by atoms with E-state index in [1.165, 1.54) is 0 Å². The molecule has 0 N–H and O–H groups in total. The summed E-state index contributed by atoms with van der Waals surface area (Å²) in [6, 6.07) is 14.5. The first-order chi connectivity index (χ1) is 9.78. The predicted molar refractivity (Wildman–Crippen MR) is 82.4 cm³/mol. The summed E-state index contributed by atoms with van der Waals surface area (Å²) in [7, 11) is 1.62. The van der Waals surface area contributed by atoms with Crippen LogP contribution in [0.4, 0.5) is 0 Å². The average molecular weight is 333 g/mol. The lowest BCUT2D eigenvalue weighted by Gasteiger charge is -2.11. The van der Waals surface area contributed by atoms with Crippen LogP contribution in [0.1, 0.15) is 15.9 Å². The molecule has 0 unspecified atom stereocenters. The Labute approximate surface area is 126 Å². The Morgan fingerprint density at radius 2 is 1.80 bits per heavy atom. The van der Waals surface area contributed by atoms with Crippen LogP contribution in [-0.4, -0.2) is 13.4 Å². The number of halogens is 1. The van der Waals surface area contributed by atoms with Crippen molar-refractivity contribution in [1.29, 1.82) is 0 Å². The van der Waals surface area contributed by atoms with Gasteiger partial charge in [-0.05, 0) is 36.4 Å². The van der Waals surface area contributed by atoms with E-state index >= 15 is 0 Å². The number of hydrogen-bond acceptors (Lipinski definition) is 3. The minimum atomic E-state index is 0.507. The van der Waals surface area contributed by atoms with Crippen molar-refractivity contribution in [2.45, 2.75) is 0 Å². The van der Waals surface area contributed by atoms with E-state index in [-0.39, 0.29) is 0 Å². The van der Waals surface area contributed by atoms with Gasteiger partial charge < -0.3 is 9.47 Å². The maximum absolute atomic E-state index is 11.0. The quantitative estimate of drug-likeness (QED) is 0.605. The lowest BCUT2D eigenvalue weighted by Crippen LogP contribution is -1.97. The summed E-state index contributed by atoms with van der Waals surface area (Å²) >= 11 is 3.29. The Bertz CT molecular complexity index is 618. The highest BCUT2D eigenvalue weighted by Crippen LogP contribution is 2.26. The fourth-order valence-electron chi connectivity index (χ4n) is 1.69. The molecule has 2 rings (SSSR count). The highest BCUT2D eigenvalue weighted by Gasteiger charge is 2.08. The van der Waals surface area contributed by atoms with E-state index in [9.17, 15) is 4.79 Å². The highest BCUT2D eigenvalue weighted by molar-refractivity contribution is 9.11. The topological polar surface area (TPSA) is 35.5 Å². The molecule has 0 aromatic heterocycles. The van der Waals surface area contributed by atoms with Crippen LogP contribution in [0.25, 0.3) is 5.76 Å². The lowest BCUT2D eigenvalue weighted by atomic mass is 10.2. The molecule has 0 saturated heterocycles. The number of hydrogen-bond donors (Lipinski definition) is 0. The summed E-state index contributed by atoms with van der Waals surface area (Å²) in [4.78, 5) is 12.7. The minimum Gasteiger partial charge on any atom is -0.497 e. The molecule has 2 aromatic rings. The third-order valence-corrected chi connectivity index (χ3v) is 3.16. The fourth-order valence-corrected chi connectivity index (χ4v) is 2.05. The molecular formula is C16H13BrO3. The summed E-state index contributed by atoms with van der Waals surface area (Å²) in [6.45, 7) is 0. The molecule has 0 radical (unpaired) electrons. The molecular weight excluding hydrogens is 320 g/mol. The largest absolute Gasteiger partial charge is 0.497 e. The molecule has 0 amide bonds. The first kappa shape index (κ1) is 14.3. The van der Waals surface area contributed by atoms with E-state index in [0.29, 0.717) is 17.1 Å². The number of aldehydes is 1. The van der Waals surface area contributed by atoms with E-state index in [2.05, 4.69) is 15.9 Å². The van der Waals surface area contributed by atoms with E-state index in [1.807, 2.05) is 30.3 Å². The zero-order chi connectivity index (χ0) is 14.4. The number of ether oxygens (including phenoxy) is 2. The van der Waals surface area contributed by atoms with E-state index in [1.54, 1.807) is 30.3 Å². The first-order valence-corrected chi connectivity index (χ1v) is 6.87. The van der Waals surface area contributed by atoms with Gasteiger partial charge in [0.25, 0.3) is 0 Å². The van der Waals surface area contributed by atoms with Gasteiger partial charge in [-0.15, -0.1) is 0 Å². The van der Waals surface area contributed by atoms with Crippen LogP contribution >= 0.6 is 15.9 Å². The van der Waals surface area contributed by atoms with Gasteiger partial charge >= 0.3 is 0 Å². The van der Waals surface area contributed by atoms with Gasteiger partial charge in [-0.2, -0.15) is 0 Å². The van der Waals surface area contributed by atoms with Crippen LogP contribution in [0.5, 0.6) is 11.5 Å². The second kappa shape index (κ2) is 6.91. The second-order valence-electron chi connectivity index (χ2n) is 3.96. The van der Waals surface area contributed by atoms with Gasteiger partial charge in [0.15, 0.2) is 6.29 Å². The van der Waals surface area contributed by atoms with E-state index in [4.69, 9.17) is 9.47 Å². The van der Waals surface area contributed by atoms with Gasteiger partial charge in [0.1, 0.15) is 17.3 Å². The molecule has 3 nitrogen and oxygen atoms in total. The number of carbonyl (C=O) groups excluding carboxylic acids is 1. The number of rotatable bonds is 5. The molecule has 102 valence electrons. The van der Waals surface area contributed by atoms with Gasteiger partial charge in [0.2, 0.25) is 0 Å². The summed E-state index contributed by atoms with van der Waals surface area (Å²) in [6.07, 6.45) is 0.773. The zero-order valence-corrected chi connectivity index (χ0v) is 12.5. The third-order valence-electron chi connectivity index (χ3n) is 2.74. The normalized spacial score (nSPS) is 11.0. The summed E-state index contributed by atoms with van der Waals surface area (Å²) in [5, 5.41) is 0. The minimum absolute atomic E-state index is 0.507. The fraction of sp³-hybridized carbons (Fsp3) is 0.0625. The zero-order valence-electron chi connectivity index (χ0n) is 10.9. The van der Waals surface area contributed by atoms with Crippen LogP contribution in [0, 0.1) is 0 Å². The Balaban J connectivity index is 2.27. The van der Waals surface area contributed by atoms with Crippen molar-refractivity contribution in [3.63, 3.8) is 0 Å². The maximum atomic E-state index is 11.0. The Morgan fingerprint density at radius 3 is 2.40 bits per heavy atom. The van der Waals surface area contributed by atoms with Crippen molar-refractivity contribution in [2.24, 2.45) is 0 Å². The smallest absolute Gasteiger partial charge is 0.153 e. The van der Waals surface area contributed by atoms with Gasteiger partial charge in [-0.25, -0.2) is 0 Å². The molecule has 0 bridgehead atoms. The second-order valence-corrected chi connectivity index (χ2v) is 4.42. The van der Waals surface area contributed by atoms with Crippen LogP contribution < -0.4 is 9.47 Å². The SMILES string of the molecule is COc1ccc(/C(=C/Br)Oc2ccccc2C=O)cc1. The van der Waals surface area contributed by atoms with Gasteiger partial charge in [-0.1, -0.05) is 28.1 Å². The van der Waals surface area contributed by atoms with Crippen LogP contribution in [-0.2, 0) is 0 Å². The van der Waals surface area contributed by atoms with Crippen molar-refractivity contribution < 1.29 is 14.3 Å². The molecule has 0 fully saturated rings. The van der Waals surface area contributed by atoms with Gasteiger partial charge in [-0.3, -0.25) is 4.79 Å². The Morgan fingerprint density at radius 1 is 1.10 bits per heavy atom. The van der Waals surface area contributed by atoms with Crippen molar-refractivity contribution in [2.75, 3.05) is 7.11 Å².